The van der Waals surface area contributed by atoms with Crippen LogP contribution in [0.15, 0.2) is 33.6 Å². The Hall–Kier alpha value is -0.390. The molecule has 0 aliphatic carbocycles. The highest BCUT2D eigenvalue weighted by Gasteiger charge is 2.16. The summed E-state index contributed by atoms with van der Waals surface area (Å²) in [6.07, 6.45) is 0. The van der Waals surface area contributed by atoms with Crippen LogP contribution in [0.3, 0.4) is 0 Å². The maximum absolute atomic E-state index is 12.0. The van der Waals surface area contributed by atoms with Gasteiger partial charge in [0, 0.05) is 16.6 Å². The monoisotopic (exact) mass is 319 g/mol. The Morgan fingerprint density at radius 3 is 2.47 bits per heavy atom. The number of benzene rings is 1. The van der Waals surface area contributed by atoms with Crippen LogP contribution < -0.4 is 5.32 Å². The zero-order valence-corrected chi connectivity index (χ0v) is 12.7. The minimum atomic E-state index is -3.20. The van der Waals surface area contributed by atoms with E-state index in [1.807, 2.05) is 26.8 Å². The lowest BCUT2D eigenvalue weighted by molar-refractivity contribution is 0.438. The van der Waals surface area contributed by atoms with Crippen LogP contribution in [0, 0.1) is 0 Å². The summed E-state index contributed by atoms with van der Waals surface area (Å²) in [5.74, 6) is 0.112. The van der Waals surface area contributed by atoms with E-state index in [4.69, 9.17) is 0 Å². The predicted octanol–water partition coefficient (Wildman–Crippen LogP) is 2.61. The van der Waals surface area contributed by atoms with Crippen molar-refractivity contribution in [1.82, 2.24) is 5.32 Å². The van der Waals surface area contributed by atoms with Crippen molar-refractivity contribution in [2.24, 2.45) is 0 Å². The SMILES string of the molecule is CC(C)(C)NCCS(=O)(=O)c1cccc(Br)c1. The lowest BCUT2D eigenvalue weighted by Gasteiger charge is -2.20. The van der Waals surface area contributed by atoms with Crippen molar-refractivity contribution in [1.29, 1.82) is 0 Å². The molecule has 0 atom stereocenters. The van der Waals surface area contributed by atoms with Crippen molar-refractivity contribution in [3.05, 3.63) is 28.7 Å². The molecule has 3 nitrogen and oxygen atoms in total. The number of nitrogens with one attached hydrogen (secondary N) is 1. The van der Waals surface area contributed by atoms with Crippen molar-refractivity contribution in [3.63, 3.8) is 0 Å². The molecule has 0 spiro atoms. The number of hydrogen-bond acceptors (Lipinski definition) is 3. The van der Waals surface area contributed by atoms with Gasteiger partial charge in [-0.25, -0.2) is 8.42 Å². The molecule has 1 N–H and O–H groups in total. The van der Waals surface area contributed by atoms with Crippen LogP contribution >= 0.6 is 15.9 Å². The van der Waals surface area contributed by atoms with Crippen molar-refractivity contribution in [2.45, 2.75) is 31.2 Å². The largest absolute Gasteiger partial charge is 0.311 e. The van der Waals surface area contributed by atoms with Gasteiger partial charge in [0.25, 0.3) is 0 Å². The molecule has 0 saturated heterocycles. The maximum atomic E-state index is 12.0. The molecule has 1 rings (SSSR count). The molecule has 0 unspecified atom stereocenters. The maximum Gasteiger partial charge on any atom is 0.179 e. The molecule has 0 aromatic heterocycles. The average molecular weight is 320 g/mol. The summed E-state index contributed by atoms with van der Waals surface area (Å²) in [7, 11) is -3.20. The van der Waals surface area contributed by atoms with Crippen LogP contribution in [0.4, 0.5) is 0 Å². The third-order valence-corrected chi connectivity index (χ3v) is 4.39. The van der Waals surface area contributed by atoms with Gasteiger partial charge in [0.2, 0.25) is 0 Å². The van der Waals surface area contributed by atoms with Gasteiger partial charge in [-0.2, -0.15) is 0 Å². The van der Waals surface area contributed by atoms with Gasteiger partial charge in [0.15, 0.2) is 9.84 Å². The van der Waals surface area contributed by atoms with Crippen LogP contribution in [0.2, 0.25) is 0 Å². The van der Waals surface area contributed by atoms with Crippen LogP contribution in [0.1, 0.15) is 20.8 Å². The molecule has 0 aliphatic rings. The van der Waals surface area contributed by atoms with Crippen LogP contribution in [0.5, 0.6) is 0 Å². The van der Waals surface area contributed by atoms with E-state index in [9.17, 15) is 8.42 Å². The van der Waals surface area contributed by atoms with E-state index in [2.05, 4.69) is 21.2 Å². The van der Waals surface area contributed by atoms with Crippen molar-refractivity contribution >= 4 is 25.8 Å². The van der Waals surface area contributed by atoms with Gasteiger partial charge in [-0.1, -0.05) is 22.0 Å². The van der Waals surface area contributed by atoms with Gasteiger partial charge in [0.1, 0.15) is 0 Å². The number of sulfone groups is 1. The molecule has 1 aromatic rings. The molecule has 1 aromatic carbocycles. The van der Waals surface area contributed by atoms with Crippen molar-refractivity contribution in [3.8, 4) is 0 Å². The lowest BCUT2D eigenvalue weighted by atomic mass is 10.1. The summed E-state index contributed by atoms with van der Waals surface area (Å²) in [5.41, 5.74) is -0.0627. The first-order valence-electron chi connectivity index (χ1n) is 5.44. The van der Waals surface area contributed by atoms with Gasteiger partial charge in [-0.3, -0.25) is 0 Å². The van der Waals surface area contributed by atoms with E-state index in [1.165, 1.54) is 0 Å². The third-order valence-electron chi connectivity index (χ3n) is 2.18. The minimum absolute atomic E-state index is 0.0627. The highest BCUT2D eigenvalue weighted by atomic mass is 79.9. The first-order chi connectivity index (χ1) is 7.71. The number of halogens is 1. The number of rotatable bonds is 4. The fourth-order valence-corrected chi connectivity index (χ4v) is 3.09. The smallest absolute Gasteiger partial charge is 0.179 e. The molecular formula is C12H18BrNO2S. The molecular weight excluding hydrogens is 302 g/mol. The fourth-order valence-electron chi connectivity index (χ4n) is 1.34. The predicted molar refractivity (Wildman–Crippen MR) is 74.0 cm³/mol. The summed E-state index contributed by atoms with van der Waals surface area (Å²) in [6, 6.07) is 6.80. The lowest BCUT2D eigenvalue weighted by Crippen LogP contribution is -2.38. The van der Waals surface area contributed by atoms with Crippen LogP contribution in [0.25, 0.3) is 0 Å². The van der Waals surface area contributed by atoms with E-state index >= 15 is 0 Å². The summed E-state index contributed by atoms with van der Waals surface area (Å²) < 4.78 is 24.8. The molecule has 0 radical (unpaired) electrons. The fraction of sp³-hybridized carbons (Fsp3) is 0.500. The molecule has 0 aliphatic heterocycles. The van der Waals surface area contributed by atoms with E-state index in [1.54, 1.807) is 18.2 Å². The summed E-state index contributed by atoms with van der Waals surface area (Å²) in [5, 5.41) is 3.17. The zero-order valence-electron chi connectivity index (χ0n) is 10.3. The Balaban J connectivity index is 2.70. The van der Waals surface area contributed by atoms with Gasteiger partial charge in [-0.05, 0) is 39.0 Å². The van der Waals surface area contributed by atoms with Crippen molar-refractivity contribution in [2.75, 3.05) is 12.3 Å². The molecule has 0 amide bonds. The second-order valence-electron chi connectivity index (χ2n) is 4.95. The Morgan fingerprint density at radius 2 is 1.94 bits per heavy atom. The summed E-state index contributed by atoms with van der Waals surface area (Å²) in [6.45, 7) is 6.49. The van der Waals surface area contributed by atoms with Gasteiger partial charge in [0.05, 0.1) is 10.6 Å². The van der Waals surface area contributed by atoms with E-state index < -0.39 is 9.84 Å². The zero-order chi connectivity index (χ0) is 13.1. The Kier molecular flexibility index (Phi) is 4.75. The minimum Gasteiger partial charge on any atom is -0.311 e. The standard InChI is InChI=1S/C12H18BrNO2S/c1-12(2,3)14-7-8-17(15,16)11-6-4-5-10(13)9-11/h4-6,9,14H,7-8H2,1-3H3. The van der Waals surface area contributed by atoms with Gasteiger partial charge < -0.3 is 5.32 Å². The molecule has 0 saturated carbocycles. The first-order valence-corrected chi connectivity index (χ1v) is 7.89. The van der Waals surface area contributed by atoms with Crippen molar-refractivity contribution < 1.29 is 8.42 Å². The topological polar surface area (TPSA) is 46.2 Å². The van der Waals surface area contributed by atoms with Crippen LogP contribution in [-0.4, -0.2) is 26.3 Å². The van der Waals surface area contributed by atoms with E-state index in [0.717, 1.165) is 4.47 Å². The Labute approximate surface area is 112 Å². The second-order valence-corrected chi connectivity index (χ2v) is 7.98. The Bertz CT molecular complexity index is 478. The highest BCUT2D eigenvalue weighted by molar-refractivity contribution is 9.10. The van der Waals surface area contributed by atoms with Gasteiger partial charge >= 0.3 is 0 Å². The number of hydrogen-bond donors (Lipinski definition) is 1. The molecule has 0 fully saturated rings. The van der Waals surface area contributed by atoms with E-state index in [0.29, 0.717) is 11.4 Å². The summed E-state index contributed by atoms with van der Waals surface area (Å²) >= 11 is 3.27. The molecule has 0 bridgehead atoms. The average Bonchev–Trinajstić information content (AvgIpc) is 2.15. The molecule has 0 heterocycles. The molecule has 17 heavy (non-hydrogen) atoms. The highest BCUT2D eigenvalue weighted by Crippen LogP contribution is 2.17. The van der Waals surface area contributed by atoms with Gasteiger partial charge in [-0.15, -0.1) is 0 Å². The third kappa shape index (κ3) is 5.19. The van der Waals surface area contributed by atoms with Crippen LogP contribution in [-0.2, 0) is 9.84 Å². The quantitative estimate of drug-likeness (QED) is 0.928. The first kappa shape index (κ1) is 14.7. The normalized spacial score (nSPS) is 12.7. The Morgan fingerprint density at radius 1 is 1.29 bits per heavy atom. The molecule has 96 valence electrons. The molecule has 5 heteroatoms. The van der Waals surface area contributed by atoms with E-state index in [-0.39, 0.29) is 11.3 Å². The second kappa shape index (κ2) is 5.50. The summed E-state index contributed by atoms with van der Waals surface area (Å²) in [4.78, 5) is 0.364.